The van der Waals surface area contributed by atoms with Gasteiger partial charge in [-0.25, -0.2) is 13.1 Å². The largest absolute Gasteiger partial charge is 0.296 e. The van der Waals surface area contributed by atoms with Crippen LogP contribution in [0.15, 0.2) is 6.20 Å². The molecule has 1 aliphatic heterocycles. The van der Waals surface area contributed by atoms with Gasteiger partial charge in [-0.2, -0.15) is 5.10 Å². The number of aryl methyl sites for hydroxylation is 2. The molecular weight excluding hydrogens is 264 g/mol. The summed E-state index contributed by atoms with van der Waals surface area (Å²) >= 11 is 0. The molecule has 1 N–H and O–H groups in total. The van der Waals surface area contributed by atoms with Gasteiger partial charge >= 0.3 is 0 Å². The Labute approximate surface area is 114 Å². The molecule has 1 aromatic heterocycles. The van der Waals surface area contributed by atoms with E-state index in [0.717, 1.165) is 37.2 Å². The summed E-state index contributed by atoms with van der Waals surface area (Å²) in [5.74, 6) is 0. The van der Waals surface area contributed by atoms with Crippen molar-refractivity contribution in [2.45, 2.75) is 31.6 Å². The van der Waals surface area contributed by atoms with Crippen molar-refractivity contribution in [3.05, 3.63) is 17.5 Å². The van der Waals surface area contributed by atoms with Crippen molar-refractivity contribution in [3.8, 4) is 0 Å². The van der Waals surface area contributed by atoms with Crippen molar-refractivity contribution in [3.63, 3.8) is 0 Å². The molecule has 0 aromatic carbocycles. The average molecular weight is 286 g/mol. The lowest BCUT2D eigenvalue weighted by Crippen LogP contribution is -2.45. The van der Waals surface area contributed by atoms with E-state index < -0.39 is 10.0 Å². The molecule has 108 valence electrons. The Morgan fingerprint density at radius 3 is 2.84 bits per heavy atom. The zero-order valence-corrected chi connectivity index (χ0v) is 12.6. The smallest absolute Gasteiger partial charge is 0.215 e. The van der Waals surface area contributed by atoms with Gasteiger partial charge in [0.15, 0.2) is 0 Å². The molecule has 0 aliphatic carbocycles. The van der Waals surface area contributed by atoms with Crippen LogP contribution in [0.1, 0.15) is 24.1 Å². The summed E-state index contributed by atoms with van der Waals surface area (Å²) in [6, 6.07) is 0. The lowest BCUT2D eigenvalue weighted by molar-refractivity contribution is 0.219. The van der Waals surface area contributed by atoms with Crippen LogP contribution in [0.2, 0.25) is 0 Å². The van der Waals surface area contributed by atoms with E-state index in [1.165, 1.54) is 7.05 Å². The Morgan fingerprint density at radius 1 is 1.53 bits per heavy atom. The van der Waals surface area contributed by atoms with Gasteiger partial charge in [0.25, 0.3) is 0 Å². The van der Waals surface area contributed by atoms with Crippen LogP contribution in [-0.2, 0) is 23.6 Å². The van der Waals surface area contributed by atoms with Gasteiger partial charge in [-0.3, -0.25) is 9.58 Å². The Hall–Kier alpha value is -0.920. The Balaban J connectivity index is 2.04. The summed E-state index contributed by atoms with van der Waals surface area (Å²) in [7, 11) is 0.218. The minimum Gasteiger partial charge on any atom is -0.296 e. The van der Waals surface area contributed by atoms with Crippen LogP contribution in [0.25, 0.3) is 0 Å². The molecule has 19 heavy (non-hydrogen) atoms. The van der Waals surface area contributed by atoms with Crippen molar-refractivity contribution in [2.24, 2.45) is 7.05 Å². The minimum atomic E-state index is -3.17. The van der Waals surface area contributed by atoms with Crippen LogP contribution < -0.4 is 4.72 Å². The Bertz CT molecular complexity index is 538. The third-order valence-electron chi connectivity index (χ3n) is 3.67. The van der Waals surface area contributed by atoms with E-state index >= 15 is 0 Å². The zero-order chi connectivity index (χ0) is 14.0. The lowest BCUT2D eigenvalue weighted by atomic mass is 10.1. The second-order valence-electron chi connectivity index (χ2n) is 5.18. The van der Waals surface area contributed by atoms with E-state index in [0.29, 0.717) is 6.54 Å². The number of rotatable bonds is 4. The summed E-state index contributed by atoms with van der Waals surface area (Å²) in [6.07, 6.45) is 3.64. The fourth-order valence-corrected chi connectivity index (χ4v) is 3.82. The van der Waals surface area contributed by atoms with Gasteiger partial charge in [-0.05, 0) is 38.9 Å². The van der Waals surface area contributed by atoms with E-state index in [-0.39, 0.29) is 5.25 Å². The highest BCUT2D eigenvalue weighted by molar-refractivity contribution is 7.90. The third-order valence-corrected chi connectivity index (χ3v) is 5.50. The summed E-state index contributed by atoms with van der Waals surface area (Å²) < 4.78 is 28.0. The minimum absolute atomic E-state index is 0.310. The first-order chi connectivity index (χ1) is 8.92. The number of likely N-dealkylation sites (tertiary alicyclic amines) is 1. The molecule has 2 rings (SSSR count). The van der Waals surface area contributed by atoms with Gasteiger partial charge in [0.05, 0.1) is 10.9 Å². The van der Waals surface area contributed by atoms with E-state index in [2.05, 4.69) is 14.7 Å². The van der Waals surface area contributed by atoms with Gasteiger partial charge in [-0.15, -0.1) is 0 Å². The highest BCUT2D eigenvalue weighted by Gasteiger charge is 2.29. The number of hydrogen-bond donors (Lipinski definition) is 1. The Kier molecular flexibility index (Phi) is 4.27. The quantitative estimate of drug-likeness (QED) is 0.861. The molecule has 7 heteroatoms. The van der Waals surface area contributed by atoms with E-state index in [9.17, 15) is 8.42 Å². The standard InChI is InChI=1S/C12H22N4O2S/c1-10-7-15(3)14-12(10)9-16-6-4-5-11(8-16)19(17,18)13-2/h7,11,13H,4-6,8-9H2,1-3H3. The van der Waals surface area contributed by atoms with Crippen molar-refractivity contribution >= 4 is 10.0 Å². The summed E-state index contributed by atoms with van der Waals surface area (Å²) in [5, 5.41) is 4.11. The van der Waals surface area contributed by atoms with Gasteiger partial charge in [0, 0.05) is 26.3 Å². The second kappa shape index (κ2) is 5.60. The van der Waals surface area contributed by atoms with Crippen molar-refractivity contribution in [1.29, 1.82) is 0 Å². The topological polar surface area (TPSA) is 67.2 Å². The van der Waals surface area contributed by atoms with Crippen molar-refractivity contribution < 1.29 is 8.42 Å². The second-order valence-corrected chi connectivity index (χ2v) is 7.35. The van der Waals surface area contributed by atoms with Crippen molar-refractivity contribution in [1.82, 2.24) is 19.4 Å². The molecule has 0 amide bonds. The first-order valence-corrected chi connectivity index (χ1v) is 8.11. The molecule has 0 bridgehead atoms. The van der Waals surface area contributed by atoms with E-state index in [1.807, 2.05) is 20.2 Å². The van der Waals surface area contributed by atoms with E-state index in [1.54, 1.807) is 4.68 Å². The molecule has 0 radical (unpaired) electrons. The van der Waals surface area contributed by atoms with E-state index in [4.69, 9.17) is 0 Å². The predicted octanol–water partition coefficient (Wildman–Crippen LogP) is 0.242. The molecular formula is C12H22N4O2S. The number of sulfonamides is 1. The highest BCUT2D eigenvalue weighted by atomic mass is 32.2. The van der Waals surface area contributed by atoms with Crippen LogP contribution >= 0.6 is 0 Å². The number of aromatic nitrogens is 2. The summed E-state index contributed by atoms with van der Waals surface area (Å²) in [5.41, 5.74) is 2.19. The van der Waals surface area contributed by atoms with Crippen molar-refractivity contribution in [2.75, 3.05) is 20.1 Å². The number of piperidine rings is 1. The fourth-order valence-electron chi connectivity index (χ4n) is 2.60. The fraction of sp³-hybridized carbons (Fsp3) is 0.750. The highest BCUT2D eigenvalue weighted by Crippen LogP contribution is 2.18. The molecule has 1 aromatic rings. The molecule has 0 spiro atoms. The predicted molar refractivity (Wildman–Crippen MR) is 74.2 cm³/mol. The Morgan fingerprint density at radius 2 is 2.26 bits per heavy atom. The van der Waals surface area contributed by atoms with Crippen LogP contribution in [0.4, 0.5) is 0 Å². The van der Waals surface area contributed by atoms with Crippen LogP contribution in [0, 0.1) is 6.92 Å². The van der Waals surface area contributed by atoms with Crippen LogP contribution in [0.5, 0.6) is 0 Å². The molecule has 1 saturated heterocycles. The number of nitrogens with zero attached hydrogens (tertiary/aromatic N) is 3. The molecule has 1 fully saturated rings. The maximum absolute atomic E-state index is 11.9. The van der Waals surface area contributed by atoms with Gasteiger partial charge in [-0.1, -0.05) is 0 Å². The maximum atomic E-state index is 11.9. The van der Waals surface area contributed by atoms with Crippen LogP contribution in [0.3, 0.4) is 0 Å². The molecule has 1 atom stereocenters. The first kappa shape index (κ1) is 14.5. The molecule has 6 nitrogen and oxygen atoms in total. The van der Waals surface area contributed by atoms with Gasteiger partial charge < -0.3 is 0 Å². The average Bonchev–Trinajstić information content (AvgIpc) is 2.68. The molecule has 2 heterocycles. The zero-order valence-electron chi connectivity index (χ0n) is 11.8. The molecule has 0 saturated carbocycles. The monoisotopic (exact) mass is 286 g/mol. The SMILES string of the molecule is CNS(=O)(=O)C1CCCN(Cc2nn(C)cc2C)C1. The summed E-state index contributed by atoms with van der Waals surface area (Å²) in [4.78, 5) is 2.18. The number of hydrogen-bond acceptors (Lipinski definition) is 4. The molecule has 1 unspecified atom stereocenters. The third kappa shape index (κ3) is 3.34. The van der Waals surface area contributed by atoms with Gasteiger partial charge in [0.1, 0.15) is 0 Å². The van der Waals surface area contributed by atoms with Gasteiger partial charge in [0.2, 0.25) is 10.0 Å². The van der Waals surface area contributed by atoms with Crippen LogP contribution in [-0.4, -0.2) is 48.5 Å². The number of nitrogens with one attached hydrogen (secondary N) is 1. The first-order valence-electron chi connectivity index (χ1n) is 6.56. The molecule has 1 aliphatic rings. The maximum Gasteiger partial charge on any atom is 0.215 e. The lowest BCUT2D eigenvalue weighted by Gasteiger charge is -2.31. The normalized spacial score (nSPS) is 21.7. The summed E-state index contributed by atoms with van der Waals surface area (Å²) in [6.45, 7) is 4.28.